The summed E-state index contributed by atoms with van der Waals surface area (Å²) < 4.78 is 18.4. The van der Waals surface area contributed by atoms with E-state index in [1.165, 1.54) is 27.6 Å². The van der Waals surface area contributed by atoms with Gasteiger partial charge in [-0.1, -0.05) is 72.8 Å². The average Bonchev–Trinajstić information content (AvgIpc) is 3.00. The molecule has 2 aliphatic rings. The Bertz CT molecular complexity index is 1700. The van der Waals surface area contributed by atoms with Gasteiger partial charge in [0, 0.05) is 22.1 Å². The summed E-state index contributed by atoms with van der Waals surface area (Å²) in [5.74, 6) is 2.54. The molecule has 5 aromatic carbocycles. The Morgan fingerprint density at radius 3 is 2.18 bits per heavy atom. The molecule has 1 atom stereocenters. The number of fused-ring (bicyclic) bond motifs is 8. The topological polar surface area (TPSA) is 27.7 Å². The zero-order valence-electron chi connectivity index (χ0n) is 21.5. The zero-order valence-corrected chi connectivity index (χ0v) is 21.5. The molecule has 0 saturated carbocycles. The lowest BCUT2D eigenvalue weighted by Gasteiger charge is -2.38. The van der Waals surface area contributed by atoms with E-state index in [1.807, 2.05) is 18.2 Å². The van der Waals surface area contributed by atoms with E-state index in [1.54, 1.807) is 14.2 Å². The highest BCUT2D eigenvalue weighted by atomic mass is 16.5. The summed E-state index contributed by atoms with van der Waals surface area (Å²) >= 11 is 0. The van der Waals surface area contributed by atoms with Crippen LogP contribution in [-0.2, 0) is 18.4 Å². The lowest BCUT2D eigenvalue weighted by molar-refractivity contribution is 0.163. The van der Waals surface area contributed by atoms with Gasteiger partial charge < -0.3 is 14.2 Å². The maximum Gasteiger partial charge on any atom is 0.178 e. The van der Waals surface area contributed by atoms with Crippen LogP contribution in [0.5, 0.6) is 17.2 Å². The minimum absolute atomic E-state index is 0.780. The third kappa shape index (κ3) is 3.35. The smallest absolute Gasteiger partial charge is 0.178 e. The summed E-state index contributed by atoms with van der Waals surface area (Å²) in [6, 6.07) is 33.8. The Balaban J connectivity index is 1.53. The standard InChI is InChI=1S/C35H28O3/c1-36-26-15-13-25(14-16-26)35(24-9-4-3-5-10-24)21-20-31-29-18-12-23-8-6-7-11-28(23)33(29)30-19-17-27(37-2)22-32(30)34(31)38-35/h3-11,13-17,19-22H,12,18H2,1-2H3. The van der Waals surface area contributed by atoms with Crippen LogP contribution in [0.2, 0.25) is 0 Å². The Labute approximate surface area is 222 Å². The van der Waals surface area contributed by atoms with Gasteiger partial charge in [-0.25, -0.2) is 0 Å². The molecule has 3 heteroatoms. The molecule has 0 fully saturated rings. The maximum atomic E-state index is 7.25. The van der Waals surface area contributed by atoms with E-state index in [2.05, 4.69) is 91.0 Å². The van der Waals surface area contributed by atoms with E-state index in [-0.39, 0.29) is 0 Å². The van der Waals surface area contributed by atoms with Crippen LogP contribution in [0.1, 0.15) is 27.8 Å². The van der Waals surface area contributed by atoms with Crippen molar-refractivity contribution in [3.63, 3.8) is 0 Å². The Morgan fingerprint density at radius 1 is 0.684 bits per heavy atom. The molecule has 1 heterocycles. The summed E-state index contributed by atoms with van der Waals surface area (Å²) in [4.78, 5) is 0. The van der Waals surface area contributed by atoms with Crippen molar-refractivity contribution < 1.29 is 14.2 Å². The highest BCUT2D eigenvalue weighted by Crippen LogP contribution is 2.51. The molecule has 7 rings (SSSR count). The Hall–Kier alpha value is -4.50. The second-order valence-corrected chi connectivity index (χ2v) is 9.93. The zero-order chi connectivity index (χ0) is 25.7. The number of ether oxygens (including phenoxy) is 3. The third-order valence-electron chi connectivity index (χ3n) is 8.01. The van der Waals surface area contributed by atoms with Crippen LogP contribution in [0.3, 0.4) is 0 Å². The fourth-order valence-electron chi connectivity index (χ4n) is 6.13. The fourth-order valence-corrected chi connectivity index (χ4v) is 6.13. The van der Waals surface area contributed by atoms with Crippen molar-refractivity contribution in [3.8, 4) is 28.4 Å². The highest BCUT2D eigenvalue weighted by Gasteiger charge is 2.39. The molecule has 0 saturated heterocycles. The number of rotatable bonds is 4. The van der Waals surface area contributed by atoms with Crippen LogP contribution < -0.4 is 14.2 Å². The molecular formula is C35H28O3. The second kappa shape index (κ2) is 8.81. The minimum Gasteiger partial charge on any atom is -0.497 e. The Morgan fingerprint density at radius 2 is 1.39 bits per heavy atom. The van der Waals surface area contributed by atoms with Crippen molar-refractivity contribution in [2.75, 3.05) is 14.2 Å². The predicted octanol–water partition coefficient (Wildman–Crippen LogP) is 7.97. The first-order chi connectivity index (χ1) is 18.7. The van der Waals surface area contributed by atoms with Crippen LogP contribution in [0.4, 0.5) is 0 Å². The van der Waals surface area contributed by atoms with Gasteiger partial charge in [0.2, 0.25) is 0 Å². The fraction of sp³-hybridized carbons (Fsp3) is 0.143. The lowest BCUT2D eigenvalue weighted by atomic mass is 9.77. The number of methoxy groups -OCH3 is 2. The molecule has 1 unspecified atom stereocenters. The van der Waals surface area contributed by atoms with Crippen LogP contribution in [0.15, 0.2) is 103 Å². The Kier molecular flexibility index (Phi) is 5.26. The normalized spacial score (nSPS) is 17.2. The van der Waals surface area contributed by atoms with Gasteiger partial charge >= 0.3 is 0 Å². The first-order valence-corrected chi connectivity index (χ1v) is 13.0. The molecule has 0 amide bonds. The van der Waals surface area contributed by atoms with Gasteiger partial charge in [0.05, 0.1) is 14.2 Å². The minimum atomic E-state index is -0.780. The van der Waals surface area contributed by atoms with E-state index in [9.17, 15) is 0 Å². The number of aryl methyl sites for hydroxylation is 1. The highest BCUT2D eigenvalue weighted by molar-refractivity contribution is 6.06. The quantitative estimate of drug-likeness (QED) is 0.252. The molecule has 0 aromatic heterocycles. The van der Waals surface area contributed by atoms with Crippen molar-refractivity contribution >= 4 is 16.8 Å². The summed E-state index contributed by atoms with van der Waals surface area (Å²) in [5.41, 5.74) is 7.88. The van der Waals surface area contributed by atoms with Crippen molar-refractivity contribution in [2.24, 2.45) is 0 Å². The number of benzene rings is 5. The van der Waals surface area contributed by atoms with Crippen molar-refractivity contribution in [1.82, 2.24) is 0 Å². The van der Waals surface area contributed by atoms with Crippen LogP contribution in [0.25, 0.3) is 28.0 Å². The van der Waals surface area contributed by atoms with Crippen molar-refractivity contribution in [3.05, 3.63) is 131 Å². The van der Waals surface area contributed by atoms with Crippen molar-refractivity contribution in [2.45, 2.75) is 18.4 Å². The molecular weight excluding hydrogens is 468 g/mol. The number of hydrogen-bond acceptors (Lipinski definition) is 3. The molecule has 38 heavy (non-hydrogen) atoms. The second-order valence-electron chi connectivity index (χ2n) is 9.93. The maximum absolute atomic E-state index is 7.25. The van der Waals surface area contributed by atoms with E-state index in [4.69, 9.17) is 14.2 Å². The van der Waals surface area contributed by atoms with E-state index in [0.717, 1.165) is 52.2 Å². The van der Waals surface area contributed by atoms with Crippen LogP contribution in [-0.4, -0.2) is 14.2 Å². The lowest BCUT2D eigenvalue weighted by Crippen LogP contribution is -2.34. The summed E-state index contributed by atoms with van der Waals surface area (Å²) in [6.45, 7) is 0. The third-order valence-corrected chi connectivity index (χ3v) is 8.01. The molecule has 3 nitrogen and oxygen atoms in total. The molecule has 1 aliphatic carbocycles. The summed E-state index contributed by atoms with van der Waals surface area (Å²) in [7, 11) is 3.41. The van der Waals surface area contributed by atoms with E-state index < -0.39 is 5.60 Å². The summed E-state index contributed by atoms with van der Waals surface area (Å²) in [6.07, 6.45) is 6.50. The largest absolute Gasteiger partial charge is 0.497 e. The monoisotopic (exact) mass is 496 g/mol. The van der Waals surface area contributed by atoms with Gasteiger partial charge in [-0.2, -0.15) is 0 Å². The van der Waals surface area contributed by atoms with Crippen LogP contribution in [0, 0.1) is 0 Å². The molecule has 1 aliphatic heterocycles. The first kappa shape index (κ1) is 22.7. The molecule has 0 radical (unpaired) electrons. The van der Waals surface area contributed by atoms with Gasteiger partial charge in [-0.15, -0.1) is 0 Å². The van der Waals surface area contributed by atoms with Gasteiger partial charge in [0.1, 0.15) is 17.2 Å². The first-order valence-electron chi connectivity index (χ1n) is 13.0. The van der Waals surface area contributed by atoms with Gasteiger partial charge in [-0.3, -0.25) is 0 Å². The molecule has 0 bridgehead atoms. The molecule has 0 N–H and O–H groups in total. The van der Waals surface area contributed by atoms with Gasteiger partial charge in [-0.05, 0) is 76.9 Å². The molecule has 186 valence electrons. The van der Waals surface area contributed by atoms with Gasteiger partial charge in [0.25, 0.3) is 0 Å². The molecule has 5 aromatic rings. The molecule has 0 spiro atoms. The van der Waals surface area contributed by atoms with Crippen LogP contribution >= 0.6 is 0 Å². The summed E-state index contributed by atoms with van der Waals surface area (Å²) in [5, 5.41) is 2.26. The van der Waals surface area contributed by atoms with E-state index >= 15 is 0 Å². The average molecular weight is 497 g/mol. The SMILES string of the molecule is COc1ccc(C2(c3ccccc3)C=Cc3c4c(c5ccc(OC)cc5c3O2)-c2ccccc2CC4)cc1. The number of hydrogen-bond donors (Lipinski definition) is 0. The predicted molar refractivity (Wildman–Crippen MR) is 153 cm³/mol. The van der Waals surface area contributed by atoms with Gasteiger partial charge in [0.15, 0.2) is 5.60 Å². The van der Waals surface area contributed by atoms with E-state index in [0.29, 0.717) is 0 Å². The van der Waals surface area contributed by atoms with Crippen molar-refractivity contribution in [1.29, 1.82) is 0 Å².